The number of ketones is 1. The minimum Gasteiger partial charge on any atom is -0.465 e. The Morgan fingerprint density at radius 2 is 1.46 bits per heavy atom. The molecule has 0 heterocycles. The van der Waals surface area contributed by atoms with Gasteiger partial charge in [0.15, 0.2) is 5.78 Å². The zero-order chi connectivity index (χ0) is 17.2. The van der Waals surface area contributed by atoms with Crippen LogP contribution >= 0.6 is 0 Å². The number of benzene rings is 2. The number of ether oxygens (including phenoxy) is 2. The van der Waals surface area contributed by atoms with Crippen LogP contribution in [-0.4, -0.2) is 32.1 Å². The molecular weight excluding hydrogens is 304 g/mol. The van der Waals surface area contributed by atoms with E-state index in [1.54, 1.807) is 0 Å². The SMILES string of the molecule is COCC(=O)CC(=O)OCCC(c1ccccc1)c1ccccc1. The molecule has 0 radical (unpaired) electrons. The Labute approximate surface area is 142 Å². The molecule has 24 heavy (non-hydrogen) atoms. The molecule has 2 rings (SSSR count). The fraction of sp³-hybridized carbons (Fsp3) is 0.300. The summed E-state index contributed by atoms with van der Waals surface area (Å²) in [4.78, 5) is 23.1. The number of hydrogen-bond acceptors (Lipinski definition) is 4. The zero-order valence-corrected chi connectivity index (χ0v) is 13.8. The number of esters is 1. The minimum atomic E-state index is -0.503. The standard InChI is InChI=1S/C20H22O4/c1-23-15-18(21)14-20(22)24-13-12-19(16-8-4-2-5-9-16)17-10-6-3-7-11-17/h2-11,19H,12-15H2,1H3. The van der Waals surface area contributed by atoms with E-state index >= 15 is 0 Å². The van der Waals surface area contributed by atoms with Crippen LogP contribution in [0.15, 0.2) is 60.7 Å². The van der Waals surface area contributed by atoms with Crippen molar-refractivity contribution in [2.24, 2.45) is 0 Å². The molecule has 0 spiro atoms. The maximum atomic E-state index is 11.7. The van der Waals surface area contributed by atoms with Gasteiger partial charge in [0.1, 0.15) is 13.0 Å². The lowest BCUT2D eigenvalue weighted by Gasteiger charge is -2.18. The molecule has 0 saturated carbocycles. The van der Waals surface area contributed by atoms with Crippen LogP contribution in [0.4, 0.5) is 0 Å². The van der Waals surface area contributed by atoms with Gasteiger partial charge in [-0.3, -0.25) is 9.59 Å². The Morgan fingerprint density at radius 1 is 0.917 bits per heavy atom. The average molecular weight is 326 g/mol. The van der Waals surface area contributed by atoms with Gasteiger partial charge in [-0.15, -0.1) is 0 Å². The normalized spacial score (nSPS) is 10.6. The Balaban J connectivity index is 1.95. The second-order valence-electron chi connectivity index (χ2n) is 5.53. The first-order valence-electron chi connectivity index (χ1n) is 7.97. The van der Waals surface area contributed by atoms with Crippen molar-refractivity contribution in [2.75, 3.05) is 20.3 Å². The first-order valence-corrected chi connectivity index (χ1v) is 7.97. The Kier molecular flexibility index (Phi) is 7.18. The molecule has 0 amide bonds. The van der Waals surface area contributed by atoms with Crippen LogP contribution in [0.5, 0.6) is 0 Å². The van der Waals surface area contributed by atoms with Crippen molar-refractivity contribution in [1.29, 1.82) is 0 Å². The van der Waals surface area contributed by atoms with Crippen LogP contribution in [0.2, 0.25) is 0 Å². The Hall–Kier alpha value is -2.46. The molecule has 0 aromatic heterocycles. The molecule has 4 nitrogen and oxygen atoms in total. The molecule has 2 aromatic rings. The fourth-order valence-electron chi connectivity index (χ4n) is 2.61. The molecule has 126 valence electrons. The summed E-state index contributed by atoms with van der Waals surface area (Å²) in [5.74, 6) is -0.628. The van der Waals surface area contributed by atoms with Crippen molar-refractivity contribution in [3.05, 3.63) is 71.8 Å². The number of hydrogen-bond donors (Lipinski definition) is 0. The largest absolute Gasteiger partial charge is 0.465 e. The number of carbonyl (C=O) groups excluding carboxylic acids is 2. The van der Waals surface area contributed by atoms with E-state index in [4.69, 9.17) is 9.47 Å². The predicted molar refractivity (Wildman–Crippen MR) is 91.8 cm³/mol. The van der Waals surface area contributed by atoms with E-state index < -0.39 is 5.97 Å². The lowest BCUT2D eigenvalue weighted by Crippen LogP contribution is -2.16. The van der Waals surface area contributed by atoms with Gasteiger partial charge >= 0.3 is 5.97 Å². The first-order chi connectivity index (χ1) is 11.7. The number of methoxy groups -OCH3 is 1. The van der Waals surface area contributed by atoms with Crippen LogP contribution in [0.1, 0.15) is 29.9 Å². The molecule has 0 aliphatic carbocycles. The van der Waals surface area contributed by atoms with E-state index in [-0.39, 0.29) is 31.3 Å². The van der Waals surface area contributed by atoms with Crippen molar-refractivity contribution in [2.45, 2.75) is 18.8 Å². The third-order valence-corrected chi connectivity index (χ3v) is 3.72. The Bertz CT molecular complexity index is 598. The van der Waals surface area contributed by atoms with Crippen molar-refractivity contribution in [1.82, 2.24) is 0 Å². The molecule has 4 heteroatoms. The monoisotopic (exact) mass is 326 g/mol. The molecule has 0 fully saturated rings. The predicted octanol–water partition coefficient (Wildman–Crippen LogP) is 3.36. The van der Waals surface area contributed by atoms with Gasteiger partial charge in [-0.1, -0.05) is 60.7 Å². The topological polar surface area (TPSA) is 52.6 Å². The van der Waals surface area contributed by atoms with Crippen LogP contribution in [0, 0.1) is 0 Å². The van der Waals surface area contributed by atoms with E-state index in [2.05, 4.69) is 24.3 Å². The van der Waals surface area contributed by atoms with Gasteiger partial charge in [0.05, 0.1) is 6.61 Å². The zero-order valence-electron chi connectivity index (χ0n) is 13.8. The van der Waals surface area contributed by atoms with E-state index in [9.17, 15) is 9.59 Å². The van der Waals surface area contributed by atoms with Crippen molar-refractivity contribution in [3.8, 4) is 0 Å². The van der Waals surface area contributed by atoms with Crippen molar-refractivity contribution in [3.63, 3.8) is 0 Å². The molecule has 0 N–H and O–H groups in total. The lowest BCUT2D eigenvalue weighted by molar-refractivity contribution is -0.146. The average Bonchev–Trinajstić information content (AvgIpc) is 2.60. The first kappa shape index (κ1) is 17.9. The van der Waals surface area contributed by atoms with Gasteiger partial charge in [0.25, 0.3) is 0 Å². The van der Waals surface area contributed by atoms with Gasteiger partial charge < -0.3 is 9.47 Å². The van der Waals surface area contributed by atoms with E-state index in [0.717, 1.165) is 0 Å². The van der Waals surface area contributed by atoms with Crippen LogP contribution in [-0.2, 0) is 19.1 Å². The lowest BCUT2D eigenvalue weighted by atomic mass is 9.89. The van der Waals surface area contributed by atoms with E-state index in [0.29, 0.717) is 6.42 Å². The number of Topliss-reactive ketones (excluding diaryl/α,β-unsaturated/α-hetero) is 1. The third kappa shape index (κ3) is 5.63. The summed E-state index contributed by atoms with van der Waals surface area (Å²) in [5.41, 5.74) is 2.35. The number of carbonyl (C=O) groups is 2. The van der Waals surface area contributed by atoms with Gasteiger partial charge in [-0.2, -0.15) is 0 Å². The minimum absolute atomic E-state index is 0.0637. The molecular formula is C20H22O4. The van der Waals surface area contributed by atoms with Gasteiger partial charge in [0, 0.05) is 13.0 Å². The summed E-state index contributed by atoms with van der Waals surface area (Å²) < 4.78 is 9.92. The van der Waals surface area contributed by atoms with Crippen molar-refractivity contribution < 1.29 is 19.1 Å². The van der Waals surface area contributed by atoms with Gasteiger partial charge in [-0.25, -0.2) is 0 Å². The second kappa shape index (κ2) is 9.63. The third-order valence-electron chi connectivity index (χ3n) is 3.72. The van der Waals surface area contributed by atoms with Crippen LogP contribution in [0.3, 0.4) is 0 Å². The maximum absolute atomic E-state index is 11.7. The van der Waals surface area contributed by atoms with Gasteiger partial charge in [0.2, 0.25) is 0 Å². The second-order valence-corrected chi connectivity index (χ2v) is 5.53. The van der Waals surface area contributed by atoms with E-state index in [1.165, 1.54) is 18.2 Å². The van der Waals surface area contributed by atoms with Crippen molar-refractivity contribution >= 4 is 11.8 Å². The fourth-order valence-corrected chi connectivity index (χ4v) is 2.61. The molecule has 0 unspecified atom stereocenters. The molecule has 0 saturated heterocycles. The number of rotatable bonds is 9. The summed E-state index contributed by atoms with van der Waals surface area (Å²) in [7, 11) is 1.42. The summed E-state index contributed by atoms with van der Waals surface area (Å²) >= 11 is 0. The smallest absolute Gasteiger partial charge is 0.313 e. The highest BCUT2D eigenvalue weighted by Crippen LogP contribution is 2.27. The molecule has 0 atom stereocenters. The van der Waals surface area contributed by atoms with E-state index in [1.807, 2.05) is 36.4 Å². The molecule has 0 aliphatic heterocycles. The Morgan fingerprint density at radius 3 is 1.96 bits per heavy atom. The summed E-state index contributed by atoms with van der Waals surface area (Å²) in [5, 5.41) is 0. The quantitative estimate of drug-likeness (QED) is 0.524. The summed E-state index contributed by atoms with van der Waals surface area (Å²) in [6.45, 7) is 0.208. The summed E-state index contributed by atoms with van der Waals surface area (Å²) in [6, 6.07) is 20.2. The molecule has 0 bridgehead atoms. The highest BCUT2D eigenvalue weighted by molar-refractivity contribution is 5.96. The molecule has 2 aromatic carbocycles. The van der Waals surface area contributed by atoms with Gasteiger partial charge in [-0.05, 0) is 17.5 Å². The highest BCUT2D eigenvalue weighted by Gasteiger charge is 2.16. The van der Waals surface area contributed by atoms with Crippen LogP contribution in [0.25, 0.3) is 0 Å². The maximum Gasteiger partial charge on any atom is 0.313 e. The molecule has 0 aliphatic rings. The summed E-state index contributed by atoms with van der Waals surface area (Å²) in [6.07, 6.45) is 0.424. The van der Waals surface area contributed by atoms with Crippen LogP contribution < -0.4 is 0 Å². The highest BCUT2D eigenvalue weighted by atomic mass is 16.5.